The Morgan fingerprint density at radius 3 is 2.17 bits per heavy atom. The van der Waals surface area contributed by atoms with Crippen LogP contribution in [0.15, 0.2) is 48.5 Å². The standard InChI is InChI=1S/C23H22N2O5/c1-3-8-20(21(26)24-14(2)22(27)28)25-23(29)30-13-19-17-11-6-4-9-15(17)16-10-5-7-12-18(16)19/h1,4-7,9-12,14,19-20H,8,13H2,2H3,(H,24,26)(H,25,29)(H,27,28)/t14-,20?/m0/s1. The van der Waals surface area contributed by atoms with Crippen LogP contribution >= 0.6 is 0 Å². The molecule has 2 aromatic rings. The summed E-state index contributed by atoms with van der Waals surface area (Å²) in [4.78, 5) is 35.5. The van der Waals surface area contributed by atoms with Gasteiger partial charge in [-0.15, -0.1) is 12.3 Å². The highest BCUT2D eigenvalue weighted by Gasteiger charge is 2.30. The topological polar surface area (TPSA) is 105 Å². The van der Waals surface area contributed by atoms with Crippen molar-refractivity contribution in [1.29, 1.82) is 0 Å². The number of nitrogens with one attached hydrogen (secondary N) is 2. The first-order valence-corrected chi connectivity index (χ1v) is 9.50. The summed E-state index contributed by atoms with van der Waals surface area (Å²) in [6.45, 7) is 1.41. The minimum atomic E-state index is -1.19. The lowest BCUT2D eigenvalue weighted by Crippen LogP contribution is -2.50. The van der Waals surface area contributed by atoms with E-state index < -0.39 is 30.1 Å². The quantitative estimate of drug-likeness (QED) is 0.613. The molecule has 3 N–H and O–H groups in total. The summed E-state index contributed by atoms with van der Waals surface area (Å²) in [6, 6.07) is 13.7. The molecule has 2 aromatic carbocycles. The number of benzene rings is 2. The van der Waals surface area contributed by atoms with Crippen molar-refractivity contribution in [1.82, 2.24) is 10.6 Å². The molecule has 1 aliphatic carbocycles. The summed E-state index contributed by atoms with van der Waals surface area (Å²) in [5.74, 6) is 0.311. The lowest BCUT2D eigenvalue weighted by Gasteiger charge is -2.19. The van der Waals surface area contributed by atoms with Crippen LogP contribution in [0.25, 0.3) is 11.1 Å². The van der Waals surface area contributed by atoms with Gasteiger partial charge in [0.15, 0.2) is 0 Å². The maximum atomic E-state index is 12.3. The van der Waals surface area contributed by atoms with E-state index in [9.17, 15) is 14.4 Å². The van der Waals surface area contributed by atoms with Gasteiger partial charge in [0, 0.05) is 12.3 Å². The number of carboxylic acid groups (broad SMARTS) is 1. The minimum absolute atomic E-state index is 0.0930. The van der Waals surface area contributed by atoms with Gasteiger partial charge >= 0.3 is 12.1 Å². The Labute approximate surface area is 174 Å². The molecule has 2 amide bonds. The fourth-order valence-electron chi connectivity index (χ4n) is 3.49. The largest absolute Gasteiger partial charge is 0.480 e. The Morgan fingerprint density at radius 1 is 1.07 bits per heavy atom. The molecule has 2 atom stereocenters. The molecule has 154 valence electrons. The van der Waals surface area contributed by atoms with Crippen LogP contribution in [-0.2, 0) is 14.3 Å². The predicted octanol–water partition coefficient (Wildman–Crippen LogP) is 2.51. The van der Waals surface area contributed by atoms with Crippen molar-refractivity contribution < 1.29 is 24.2 Å². The van der Waals surface area contributed by atoms with E-state index in [0.717, 1.165) is 22.3 Å². The zero-order valence-electron chi connectivity index (χ0n) is 16.4. The molecule has 3 rings (SSSR count). The van der Waals surface area contributed by atoms with E-state index in [1.807, 2.05) is 48.5 Å². The van der Waals surface area contributed by atoms with Crippen molar-refractivity contribution in [3.05, 3.63) is 59.7 Å². The van der Waals surface area contributed by atoms with Crippen molar-refractivity contribution in [2.45, 2.75) is 31.3 Å². The molecule has 7 heteroatoms. The van der Waals surface area contributed by atoms with E-state index >= 15 is 0 Å². The van der Waals surface area contributed by atoms with Crippen LogP contribution in [0.1, 0.15) is 30.4 Å². The first-order chi connectivity index (χ1) is 14.4. The number of hydrogen-bond donors (Lipinski definition) is 3. The Kier molecular flexibility index (Phi) is 6.38. The number of aliphatic carboxylic acids is 1. The second kappa shape index (κ2) is 9.14. The van der Waals surface area contributed by atoms with Crippen LogP contribution in [-0.4, -0.2) is 41.8 Å². The van der Waals surface area contributed by atoms with Crippen molar-refractivity contribution in [3.63, 3.8) is 0 Å². The molecule has 0 saturated carbocycles. The van der Waals surface area contributed by atoms with Gasteiger partial charge in [-0.1, -0.05) is 48.5 Å². The number of carboxylic acids is 1. The van der Waals surface area contributed by atoms with Gasteiger partial charge in [-0.25, -0.2) is 4.79 Å². The van der Waals surface area contributed by atoms with E-state index in [1.54, 1.807) is 0 Å². The molecule has 0 heterocycles. The Balaban J connectivity index is 1.65. The predicted molar refractivity (Wildman–Crippen MR) is 111 cm³/mol. The molecule has 0 saturated heterocycles. The summed E-state index contributed by atoms with van der Waals surface area (Å²) in [5, 5.41) is 13.6. The number of hydrogen-bond acceptors (Lipinski definition) is 4. The van der Waals surface area contributed by atoms with E-state index in [1.165, 1.54) is 6.92 Å². The number of amides is 2. The summed E-state index contributed by atoms with van der Waals surface area (Å²) >= 11 is 0. The Bertz CT molecular complexity index is 965. The first kappa shape index (κ1) is 20.9. The van der Waals surface area contributed by atoms with Crippen molar-refractivity contribution in [2.24, 2.45) is 0 Å². The van der Waals surface area contributed by atoms with Gasteiger partial charge in [-0.2, -0.15) is 0 Å². The Hall–Kier alpha value is -3.79. The first-order valence-electron chi connectivity index (χ1n) is 9.50. The minimum Gasteiger partial charge on any atom is -0.480 e. The van der Waals surface area contributed by atoms with E-state index in [4.69, 9.17) is 16.3 Å². The molecule has 0 radical (unpaired) electrons. The second-order valence-electron chi connectivity index (χ2n) is 7.00. The van der Waals surface area contributed by atoms with Gasteiger partial charge in [0.2, 0.25) is 5.91 Å². The van der Waals surface area contributed by atoms with Gasteiger partial charge < -0.3 is 20.5 Å². The third kappa shape index (κ3) is 4.44. The lowest BCUT2D eigenvalue weighted by molar-refractivity contribution is -0.141. The molecule has 0 spiro atoms. The number of alkyl carbamates (subject to hydrolysis) is 1. The molecule has 0 aromatic heterocycles. The molecule has 1 unspecified atom stereocenters. The van der Waals surface area contributed by atoms with Crippen molar-refractivity contribution in [3.8, 4) is 23.5 Å². The zero-order chi connectivity index (χ0) is 21.7. The maximum Gasteiger partial charge on any atom is 0.407 e. The van der Waals surface area contributed by atoms with Crippen molar-refractivity contribution >= 4 is 18.0 Å². The number of ether oxygens (including phenoxy) is 1. The number of fused-ring (bicyclic) bond motifs is 3. The maximum absolute atomic E-state index is 12.3. The highest BCUT2D eigenvalue weighted by atomic mass is 16.5. The van der Waals surface area contributed by atoms with Crippen molar-refractivity contribution in [2.75, 3.05) is 6.61 Å². The third-order valence-corrected chi connectivity index (χ3v) is 5.00. The molecular weight excluding hydrogens is 384 g/mol. The van der Waals surface area contributed by atoms with Crippen LogP contribution in [0, 0.1) is 12.3 Å². The van der Waals surface area contributed by atoms with Crippen LogP contribution in [0.5, 0.6) is 0 Å². The summed E-state index contributed by atoms with van der Waals surface area (Å²) in [6.07, 6.45) is 4.38. The van der Waals surface area contributed by atoms with E-state index in [0.29, 0.717) is 0 Å². The number of rotatable bonds is 7. The van der Waals surface area contributed by atoms with Gasteiger partial charge in [0.05, 0.1) is 0 Å². The zero-order valence-corrected chi connectivity index (χ0v) is 16.4. The van der Waals surface area contributed by atoms with Gasteiger partial charge in [0.25, 0.3) is 0 Å². The number of carbonyl (C=O) groups excluding carboxylic acids is 2. The smallest absolute Gasteiger partial charge is 0.407 e. The van der Waals surface area contributed by atoms with Gasteiger partial charge in [0.1, 0.15) is 18.7 Å². The monoisotopic (exact) mass is 406 g/mol. The molecule has 0 fully saturated rings. The number of terminal acetylenes is 1. The molecule has 1 aliphatic rings. The fraction of sp³-hybridized carbons (Fsp3) is 0.261. The van der Waals surface area contributed by atoms with Crippen LogP contribution in [0.2, 0.25) is 0 Å². The summed E-state index contributed by atoms with van der Waals surface area (Å²) < 4.78 is 5.40. The highest BCUT2D eigenvalue weighted by molar-refractivity contribution is 5.89. The molecule has 0 aliphatic heterocycles. The lowest BCUT2D eigenvalue weighted by atomic mass is 9.98. The fourth-order valence-corrected chi connectivity index (χ4v) is 3.49. The molecule has 30 heavy (non-hydrogen) atoms. The summed E-state index contributed by atoms with van der Waals surface area (Å²) in [5.41, 5.74) is 4.35. The third-order valence-electron chi connectivity index (χ3n) is 5.00. The molecule has 7 nitrogen and oxygen atoms in total. The number of carbonyl (C=O) groups is 3. The average molecular weight is 406 g/mol. The Morgan fingerprint density at radius 2 is 1.63 bits per heavy atom. The van der Waals surface area contributed by atoms with Gasteiger partial charge in [-0.3, -0.25) is 9.59 Å². The van der Waals surface area contributed by atoms with E-state index in [2.05, 4.69) is 16.6 Å². The second-order valence-corrected chi connectivity index (χ2v) is 7.00. The normalized spacial score (nSPS) is 13.9. The SMILES string of the molecule is C#CCC(NC(=O)OCC1c2ccccc2-c2ccccc21)C(=O)N[C@@H](C)C(=O)O. The van der Waals surface area contributed by atoms with Crippen LogP contribution in [0.3, 0.4) is 0 Å². The molecular formula is C23H22N2O5. The van der Waals surface area contributed by atoms with E-state index in [-0.39, 0.29) is 18.9 Å². The highest BCUT2D eigenvalue weighted by Crippen LogP contribution is 2.44. The van der Waals surface area contributed by atoms with Gasteiger partial charge in [-0.05, 0) is 29.2 Å². The average Bonchev–Trinajstić information content (AvgIpc) is 3.05. The molecule has 0 bridgehead atoms. The summed E-state index contributed by atoms with van der Waals surface area (Å²) in [7, 11) is 0. The van der Waals surface area contributed by atoms with Crippen LogP contribution < -0.4 is 10.6 Å². The van der Waals surface area contributed by atoms with Crippen LogP contribution in [0.4, 0.5) is 4.79 Å².